The van der Waals surface area contributed by atoms with E-state index >= 15 is 0 Å². The number of nitrogens with two attached hydrogens (primary N) is 1. The van der Waals surface area contributed by atoms with Gasteiger partial charge in [-0.1, -0.05) is 11.6 Å². The SMILES string of the molecule is Nc1c[nH]c2ccc(Br)c(Cl)c12. The van der Waals surface area contributed by atoms with Crippen LogP contribution in [-0.4, -0.2) is 4.98 Å². The first-order valence-corrected chi connectivity index (χ1v) is 4.58. The van der Waals surface area contributed by atoms with Crippen LogP contribution in [0.3, 0.4) is 0 Å². The lowest BCUT2D eigenvalue weighted by molar-refractivity contribution is 1.47. The summed E-state index contributed by atoms with van der Waals surface area (Å²) in [5.41, 5.74) is 7.35. The van der Waals surface area contributed by atoms with E-state index in [1.54, 1.807) is 6.20 Å². The van der Waals surface area contributed by atoms with E-state index in [0.717, 1.165) is 15.4 Å². The Morgan fingerprint density at radius 3 is 2.92 bits per heavy atom. The first kappa shape index (κ1) is 7.95. The molecular weight excluding hydrogens is 239 g/mol. The predicted octanol–water partition coefficient (Wildman–Crippen LogP) is 3.17. The third kappa shape index (κ3) is 1.01. The van der Waals surface area contributed by atoms with Crippen molar-refractivity contribution in [1.82, 2.24) is 4.98 Å². The zero-order valence-electron chi connectivity index (χ0n) is 6.07. The number of nitrogens with one attached hydrogen (secondary N) is 1. The van der Waals surface area contributed by atoms with Crippen molar-refractivity contribution < 1.29 is 0 Å². The monoisotopic (exact) mass is 244 g/mol. The molecule has 2 rings (SSSR count). The quantitative estimate of drug-likeness (QED) is 0.735. The molecule has 0 bridgehead atoms. The van der Waals surface area contributed by atoms with Gasteiger partial charge in [0, 0.05) is 21.6 Å². The predicted molar refractivity (Wildman–Crippen MR) is 55.4 cm³/mol. The molecule has 0 saturated heterocycles. The van der Waals surface area contributed by atoms with Gasteiger partial charge in [0.25, 0.3) is 0 Å². The lowest BCUT2D eigenvalue weighted by atomic mass is 10.2. The summed E-state index contributed by atoms with van der Waals surface area (Å²) in [7, 11) is 0. The second-order valence-electron chi connectivity index (χ2n) is 2.53. The fraction of sp³-hybridized carbons (Fsp3) is 0. The van der Waals surface area contributed by atoms with Gasteiger partial charge in [-0.3, -0.25) is 0 Å². The van der Waals surface area contributed by atoms with Crippen LogP contribution >= 0.6 is 27.5 Å². The molecule has 1 heterocycles. The van der Waals surface area contributed by atoms with Crippen LogP contribution in [0.25, 0.3) is 10.9 Å². The third-order valence-corrected chi connectivity index (χ3v) is 3.05. The maximum Gasteiger partial charge on any atom is 0.0662 e. The van der Waals surface area contributed by atoms with Crippen LogP contribution in [0.5, 0.6) is 0 Å². The Balaban J connectivity index is 2.96. The number of aromatic nitrogens is 1. The summed E-state index contributed by atoms with van der Waals surface area (Å²) < 4.78 is 0.864. The minimum absolute atomic E-state index is 0.659. The van der Waals surface area contributed by atoms with Crippen molar-refractivity contribution >= 4 is 44.1 Å². The molecule has 2 nitrogen and oxygen atoms in total. The standard InChI is InChI=1S/C8H6BrClN2/c9-4-1-2-6-7(8(4)10)5(11)3-12-6/h1-3,12H,11H2. The van der Waals surface area contributed by atoms with Crippen molar-refractivity contribution in [3.8, 4) is 0 Å². The summed E-state index contributed by atoms with van der Waals surface area (Å²) in [6.45, 7) is 0. The van der Waals surface area contributed by atoms with Gasteiger partial charge < -0.3 is 10.7 Å². The first-order valence-electron chi connectivity index (χ1n) is 3.40. The number of anilines is 1. The molecular formula is C8H6BrClN2. The molecule has 1 aromatic carbocycles. The van der Waals surface area contributed by atoms with E-state index in [-0.39, 0.29) is 0 Å². The Morgan fingerprint density at radius 2 is 2.17 bits per heavy atom. The van der Waals surface area contributed by atoms with Crippen molar-refractivity contribution in [2.45, 2.75) is 0 Å². The lowest BCUT2D eigenvalue weighted by Gasteiger charge is -1.97. The van der Waals surface area contributed by atoms with Crippen molar-refractivity contribution in [2.24, 2.45) is 0 Å². The van der Waals surface area contributed by atoms with Crippen LogP contribution in [0.4, 0.5) is 5.69 Å². The van der Waals surface area contributed by atoms with Gasteiger partial charge in [-0.2, -0.15) is 0 Å². The van der Waals surface area contributed by atoms with Crippen molar-refractivity contribution in [1.29, 1.82) is 0 Å². The van der Waals surface area contributed by atoms with Crippen molar-refractivity contribution in [3.05, 3.63) is 27.8 Å². The van der Waals surface area contributed by atoms with E-state index < -0.39 is 0 Å². The van der Waals surface area contributed by atoms with Gasteiger partial charge in [-0.25, -0.2) is 0 Å². The maximum absolute atomic E-state index is 6.03. The number of benzene rings is 1. The minimum Gasteiger partial charge on any atom is -0.397 e. The molecule has 0 saturated carbocycles. The highest BCUT2D eigenvalue weighted by atomic mass is 79.9. The zero-order chi connectivity index (χ0) is 8.72. The maximum atomic E-state index is 6.03. The second kappa shape index (κ2) is 2.68. The van der Waals surface area contributed by atoms with E-state index in [0.29, 0.717) is 10.7 Å². The summed E-state index contributed by atoms with van der Waals surface area (Å²) in [6.07, 6.45) is 1.74. The van der Waals surface area contributed by atoms with Gasteiger partial charge >= 0.3 is 0 Å². The summed E-state index contributed by atoms with van der Waals surface area (Å²) in [5, 5.41) is 1.54. The highest BCUT2D eigenvalue weighted by molar-refractivity contribution is 9.10. The Bertz CT molecular complexity index is 436. The second-order valence-corrected chi connectivity index (χ2v) is 3.76. The topological polar surface area (TPSA) is 41.8 Å². The number of halogens is 2. The average molecular weight is 246 g/mol. The number of nitrogen functional groups attached to an aromatic ring is 1. The smallest absolute Gasteiger partial charge is 0.0662 e. The number of hydrogen-bond acceptors (Lipinski definition) is 1. The largest absolute Gasteiger partial charge is 0.397 e. The Hall–Kier alpha value is -0.670. The molecule has 0 radical (unpaired) electrons. The van der Waals surface area contributed by atoms with Gasteiger partial charge in [-0.05, 0) is 28.1 Å². The molecule has 2 aromatic rings. The molecule has 12 heavy (non-hydrogen) atoms. The molecule has 0 amide bonds. The number of hydrogen-bond donors (Lipinski definition) is 2. The minimum atomic E-state index is 0.659. The number of aromatic amines is 1. The highest BCUT2D eigenvalue weighted by Gasteiger charge is 2.07. The molecule has 3 N–H and O–H groups in total. The molecule has 0 atom stereocenters. The fourth-order valence-electron chi connectivity index (χ4n) is 1.18. The van der Waals surface area contributed by atoms with Crippen molar-refractivity contribution in [2.75, 3.05) is 5.73 Å². The van der Waals surface area contributed by atoms with E-state index in [4.69, 9.17) is 17.3 Å². The number of rotatable bonds is 0. The Labute approximate surface area is 82.8 Å². The molecule has 0 unspecified atom stereocenters. The van der Waals surface area contributed by atoms with Crippen LogP contribution in [0.1, 0.15) is 0 Å². The van der Waals surface area contributed by atoms with Crippen LogP contribution in [0, 0.1) is 0 Å². The first-order chi connectivity index (χ1) is 5.70. The molecule has 0 aliphatic heterocycles. The number of fused-ring (bicyclic) bond motifs is 1. The van der Waals surface area contributed by atoms with Gasteiger partial charge in [0.1, 0.15) is 0 Å². The molecule has 62 valence electrons. The van der Waals surface area contributed by atoms with Crippen LogP contribution in [-0.2, 0) is 0 Å². The van der Waals surface area contributed by atoms with Crippen molar-refractivity contribution in [3.63, 3.8) is 0 Å². The summed E-state index contributed by atoms with van der Waals surface area (Å²) >= 11 is 9.36. The molecule has 0 aliphatic rings. The van der Waals surface area contributed by atoms with Gasteiger partial charge in [0.05, 0.1) is 10.7 Å². The third-order valence-electron chi connectivity index (χ3n) is 1.77. The van der Waals surface area contributed by atoms with Gasteiger partial charge in [-0.15, -0.1) is 0 Å². The highest BCUT2D eigenvalue weighted by Crippen LogP contribution is 2.33. The average Bonchev–Trinajstić information content (AvgIpc) is 2.41. The van der Waals surface area contributed by atoms with E-state index in [2.05, 4.69) is 20.9 Å². The van der Waals surface area contributed by atoms with E-state index in [1.165, 1.54) is 0 Å². The molecule has 0 aliphatic carbocycles. The van der Waals surface area contributed by atoms with Gasteiger partial charge in [0.2, 0.25) is 0 Å². The van der Waals surface area contributed by atoms with E-state index in [9.17, 15) is 0 Å². The summed E-state index contributed by atoms with van der Waals surface area (Å²) in [5.74, 6) is 0. The zero-order valence-corrected chi connectivity index (χ0v) is 8.41. The molecule has 0 spiro atoms. The summed E-state index contributed by atoms with van der Waals surface area (Å²) in [4.78, 5) is 3.03. The summed E-state index contributed by atoms with van der Waals surface area (Å²) in [6, 6.07) is 3.82. The van der Waals surface area contributed by atoms with Crippen LogP contribution < -0.4 is 5.73 Å². The Morgan fingerprint density at radius 1 is 1.42 bits per heavy atom. The fourth-order valence-corrected chi connectivity index (χ4v) is 1.79. The van der Waals surface area contributed by atoms with E-state index in [1.807, 2.05) is 12.1 Å². The Kier molecular flexibility index (Phi) is 1.77. The number of H-pyrrole nitrogens is 1. The van der Waals surface area contributed by atoms with Crippen LogP contribution in [0.15, 0.2) is 22.8 Å². The van der Waals surface area contributed by atoms with Crippen LogP contribution in [0.2, 0.25) is 5.02 Å². The molecule has 1 aromatic heterocycles. The van der Waals surface area contributed by atoms with Gasteiger partial charge in [0.15, 0.2) is 0 Å². The normalized spacial score (nSPS) is 10.8. The lowest BCUT2D eigenvalue weighted by Crippen LogP contribution is -1.81. The molecule has 4 heteroatoms. The molecule has 0 fully saturated rings.